The zero-order valence-corrected chi connectivity index (χ0v) is 13.3. The highest BCUT2D eigenvalue weighted by Gasteiger charge is 2.24. The first kappa shape index (κ1) is 17.7. The van der Waals surface area contributed by atoms with Crippen LogP contribution in [0.4, 0.5) is 0 Å². The van der Waals surface area contributed by atoms with Gasteiger partial charge in [-0.15, -0.1) is 0 Å². The van der Waals surface area contributed by atoms with Crippen LogP contribution in [0.5, 0.6) is 0 Å². The van der Waals surface area contributed by atoms with Gasteiger partial charge in [0.25, 0.3) is 0 Å². The van der Waals surface area contributed by atoms with Gasteiger partial charge in [0.2, 0.25) is 0 Å². The lowest BCUT2D eigenvalue weighted by atomic mass is 9.94. The number of hydrogen-bond acceptors (Lipinski definition) is 3. The normalized spacial score (nSPS) is 12.4. The molecule has 21 heavy (non-hydrogen) atoms. The second kappa shape index (κ2) is 8.80. The molecule has 0 aliphatic heterocycles. The minimum Gasteiger partial charge on any atom is -0.481 e. The smallest absolute Gasteiger partial charge is 0.304 e. The Morgan fingerprint density at radius 1 is 1.29 bits per heavy atom. The quantitative estimate of drug-likeness (QED) is 0.711. The number of carbonyl (C=O) groups is 2. The molecule has 0 aliphatic carbocycles. The summed E-state index contributed by atoms with van der Waals surface area (Å²) in [5, 5.41) is 9.58. The number of hydrogen-bond donors (Lipinski definition) is 1. The van der Waals surface area contributed by atoms with Gasteiger partial charge in [-0.3, -0.25) is 9.59 Å². The van der Waals surface area contributed by atoms with Gasteiger partial charge in [0.15, 0.2) is 5.78 Å². The Kier molecular flexibility index (Phi) is 7.40. The predicted molar refractivity (Wildman–Crippen MR) is 83.9 cm³/mol. The van der Waals surface area contributed by atoms with Crippen LogP contribution in [0.15, 0.2) is 24.3 Å². The van der Waals surface area contributed by atoms with E-state index in [0.717, 1.165) is 19.4 Å². The van der Waals surface area contributed by atoms with Crippen molar-refractivity contribution in [1.82, 2.24) is 4.90 Å². The Hall–Kier alpha value is -1.39. The zero-order chi connectivity index (χ0) is 15.8. The number of carboxylic acid groups (broad SMARTS) is 1. The first-order chi connectivity index (χ1) is 9.93. The molecule has 1 aromatic carbocycles. The molecular formula is C16H22ClNO3. The van der Waals surface area contributed by atoms with E-state index in [-0.39, 0.29) is 12.2 Å². The predicted octanol–water partition coefficient (Wildman–Crippen LogP) is 3.35. The molecule has 116 valence electrons. The number of aliphatic carboxylic acids is 1. The Bertz CT molecular complexity index is 473. The van der Waals surface area contributed by atoms with Crippen LogP contribution in [0, 0.1) is 5.92 Å². The second-order valence-electron chi connectivity index (χ2n) is 5.28. The van der Waals surface area contributed by atoms with Crippen LogP contribution in [0.1, 0.15) is 36.5 Å². The SMILES string of the molecule is CCCCN(C)CC(CC(=O)O)C(=O)c1ccc(Cl)cc1. The van der Waals surface area contributed by atoms with Crippen molar-refractivity contribution in [2.45, 2.75) is 26.2 Å². The van der Waals surface area contributed by atoms with E-state index >= 15 is 0 Å². The van der Waals surface area contributed by atoms with Crippen molar-refractivity contribution in [2.24, 2.45) is 5.92 Å². The summed E-state index contributed by atoms with van der Waals surface area (Å²) < 4.78 is 0. The summed E-state index contributed by atoms with van der Waals surface area (Å²) in [4.78, 5) is 25.5. The Balaban J connectivity index is 2.78. The number of carbonyl (C=O) groups excluding carboxylic acids is 1. The summed E-state index contributed by atoms with van der Waals surface area (Å²) in [5.74, 6) is -1.63. The molecule has 0 bridgehead atoms. The van der Waals surface area contributed by atoms with Gasteiger partial charge in [0, 0.05) is 23.0 Å². The van der Waals surface area contributed by atoms with Crippen molar-refractivity contribution in [2.75, 3.05) is 20.1 Å². The average Bonchev–Trinajstić information content (AvgIpc) is 2.44. The molecule has 0 heterocycles. The molecule has 0 radical (unpaired) electrons. The van der Waals surface area contributed by atoms with Gasteiger partial charge in [0.1, 0.15) is 0 Å². The molecule has 1 rings (SSSR count). The van der Waals surface area contributed by atoms with E-state index in [1.54, 1.807) is 24.3 Å². The van der Waals surface area contributed by atoms with Crippen molar-refractivity contribution in [3.8, 4) is 0 Å². The molecular weight excluding hydrogens is 290 g/mol. The van der Waals surface area contributed by atoms with Crippen LogP contribution in [0.2, 0.25) is 5.02 Å². The average molecular weight is 312 g/mol. The first-order valence-corrected chi connectivity index (χ1v) is 7.52. The van der Waals surface area contributed by atoms with E-state index in [1.807, 2.05) is 11.9 Å². The summed E-state index contributed by atoms with van der Waals surface area (Å²) in [6.07, 6.45) is 1.95. The minimum atomic E-state index is -0.953. The van der Waals surface area contributed by atoms with Crippen LogP contribution in [-0.2, 0) is 4.79 Å². The lowest BCUT2D eigenvalue weighted by Gasteiger charge is -2.22. The monoisotopic (exact) mass is 311 g/mol. The van der Waals surface area contributed by atoms with Crippen LogP contribution < -0.4 is 0 Å². The Labute approximate surface area is 130 Å². The molecule has 0 amide bonds. The Morgan fingerprint density at radius 2 is 1.90 bits per heavy atom. The summed E-state index contributed by atoms with van der Waals surface area (Å²) in [5.41, 5.74) is 0.509. The zero-order valence-electron chi connectivity index (χ0n) is 12.5. The van der Waals surface area contributed by atoms with Crippen molar-refractivity contribution in [1.29, 1.82) is 0 Å². The standard InChI is InChI=1S/C16H22ClNO3/c1-3-4-9-18(2)11-13(10-15(19)20)16(21)12-5-7-14(17)8-6-12/h5-8,13H,3-4,9-11H2,1-2H3,(H,19,20). The molecule has 0 aromatic heterocycles. The third-order valence-corrected chi connectivity index (χ3v) is 3.60. The summed E-state index contributed by atoms with van der Waals surface area (Å²) in [6, 6.07) is 6.58. The number of benzene rings is 1. The lowest BCUT2D eigenvalue weighted by molar-refractivity contribution is -0.137. The number of ketones is 1. The van der Waals surface area contributed by atoms with Crippen molar-refractivity contribution >= 4 is 23.4 Å². The van der Waals surface area contributed by atoms with Gasteiger partial charge in [-0.1, -0.05) is 24.9 Å². The molecule has 0 saturated carbocycles. The number of Topliss-reactive ketones (excluding diaryl/α,β-unsaturated/α-hetero) is 1. The molecule has 1 unspecified atom stereocenters. The molecule has 1 aromatic rings. The van der Waals surface area contributed by atoms with Crippen LogP contribution in [0.25, 0.3) is 0 Å². The molecule has 0 fully saturated rings. The van der Waals surface area contributed by atoms with Gasteiger partial charge in [-0.2, -0.15) is 0 Å². The van der Waals surface area contributed by atoms with E-state index in [1.165, 1.54) is 0 Å². The maximum Gasteiger partial charge on any atom is 0.304 e. The fraction of sp³-hybridized carbons (Fsp3) is 0.500. The lowest BCUT2D eigenvalue weighted by Crippen LogP contribution is -2.32. The highest BCUT2D eigenvalue weighted by Crippen LogP contribution is 2.17. The van der Waals surface area contributed by atoms with Gasteiger partial charge in [-0.25, -0.2) is 0 Å². The number of nitrogens with zero attached hydrogens (tertiary/aromatic N) is 1. The number of halogens is 1. The van der Waals surface area contributed by atoms with E-state index in [4.69, 9.17) is 16.7 Å². The van der Waals surface area contributed by atoms with Crippen molar-refractivity contribution < 1.29 is 14.7 Å². The number of rotatable bonds is 9. The van der Waals surface area contributed by atoms with Gasteiger partial charge in [0.05, 0.1) is 6.42 Å². The molecule has 1 atom stereocenters. The summed E-state index contributed by atoms with van der Waals surface area (Å²) >= 11 is 5.81. The molecule has 1 N–H and O–H groups in total. The maximum absolute atomic E-state index is 12.5. The van der Waals surface area contributed by atoms with Crippen LogP contribution in [0.3, 0.4) is 0 Å². The highest BCUT2D eigenvalue weighted by atomic mass is 35.5. The van der Waals surface area contributed by atoms with Crippen LogP contribution >= 0.6 is 11.6 Å². The molecule has 5 heteroatoms. The fourth-order valence-corrected chi connectivity index (χ4v) is 2.32. The third-order valence-electron chi connectivity index (χ3n) is 3.35. The summed E-state index contributed by atoms with van der Waals surface area (Å²) in [6.45, 7) is 3.41. The van der Waals surface area contributed by atoms with Gasteiger partial charge >= 0.3 is 5.97 Å². The molecule has 0 saturated heterocycles. The van der Waals surface area contributed by atoms with E-state index in [0.29, 0.717) is 17.1 Å². The fourth-order valence-electron chi connectivity index (χ4n) is 2.20. The van der Waals surface area contributed by atoms with Crippen molar-refractivity contribution in [3.63, 3.8) is 0 Å². The second-order valence-corrected chi connectivity index (χ2v) is 5.72. The maximum atomic E-state index is 12.5. The van der Waals surface area contributed by atoms with E-state index in [9.17, 15) is 9.59 Å². The number of carboxylic acids is 1. The van der Waals surface area contributed by atoms with Crippen molar-refractivity contribution in [3.05, 3.63) is 34.9 Å². The van der Waals surface area contributed by atoms with Gasteiger partial charge in [-0.05, 0) is 44.3 Å². The first-order valence-electron chi connectivity index (χ1n) is 7.14. The highest BCUT2D eigenvalue weighted by molar-refractivity contribution is 6.30. The largest absolute Gasteiger partial charge is 0.481 e. The van der Waals surface area contributed by atoms with E-state index < -0.39 is 11.9 Å². The third kappa shape index (κ3) is 6.27. The summed E-state index contributed by atoms with van der Waals surface area (Å²) in [7, 11) is 1.92. The molecule has 4 nitrogen and oxygen atoms in total. The molecule has 0 spiro atoms. The number of unbranched alkanes of at least 4 members (excludes halogenated alkanes) is 1. The van der Waals surface area contributed by atoms with E-state index in [2.05, 4.69) is 6.92 Å². The topological polar surface area (TPSA) is 57.6 Å². The van der Waals surface area contributed by atoms with Crippen LogP contribution in [-0.4, -0.2) is 41.9 Å². The minimum absolute atomic E-state index is 0.141. The molecule has 0 aliphatic rings. The van der Waals surface area contributed by atoms with Gasteiger partial charge < -0.3 is 10.0 Å². The Morgan fingerprint density at radius 3 is 2.43 bits per heavy atom.